The van der Waals surface area contributed by atoms with Crippen LogP contribution >= 0.6 is 0 Å². The summed E-state index contributed by atoms with van der Waals surface area (Å²) >= 11 is 0. The Morgan fingerprint density at radius 2 is 1.25 bits per heavy atom. The molecule has 5 aromatic heterocycles. The van der Waals surface area contributed by atoms with E-state index in [0.717, 1.165) is 93.7 Å². The molecule has 51 heavy (non-hydrogen) atoms. The van der Waals surface area contributed by atoms with Crippen molar-refractivity contribution in [3.63, 3.8) is 0 Å². The SMILES string of the molecule is c1cc(-c2ccc3c(c2)c2c4ocnc4cc4c5ccccc5n3c42)cc(-c2nc(-c3cccc4c3oc3ccccc34)c3ccccc3n2)c1. The highest BCUT2D eigenvalue weighted by Gasteiger charge is 2.22. The summed E-state index contributed by atoms with van der Waals surface area (Å²) in [7, 11) is 0. The van der Waals surface area contributed by atoms with E-state index in [2.05, 4.69) is 119 Å². The second kappa shape index (κ2) is 9.77. The van der Waals surface area contributed by atoms with Crippen molar-refractivity contribution in [1.82, 2.24) is 19.4 Å². The Balaban J connectivity index is 1.06. The number of para-hydroxylation sites is 4. The van der Waals surface area contributed by atoms with Gasteiger partial charge in [-0.25, -0.2) is 15.0 Å². The number of furan rings is 1. The number of fused-ring (bicyclic) bond motifs is 12. The average Bonchev–Trinajstić information content (AvgIpc) is 3.97. The molecule has 0 aliphatic carbocycles. The predicted molar refractivity (Wildman–Crippen MR) is 205 cm³/mol. The molecule has 5 heterocycles. The fourth-order valence-corrected chi connectivity index (χ4v) is 8.24. The number of benzene rings is 7. The molecule has 0 saturated heterocycles. The van der Waals surface area contributed by atoms with Crippen LogP contribution in [0, 0.1) is 0 Å². The molecule has 0 N–H and O–H groups in total. The third-order valence-electron chi connectivity index (χ3n) is 10.5. The molecule has 0 unspecified atom stereocenters. The van der Waals surface area contributed by atoms with Crippen LogP contribution in [-0.2, 0) is 0 Å². The summed E-state index contributed by atoms with van der Waals surface area (Å²) in [5.41, 5.74) is 12.6. The van der Waals surface area contributed by atoms with Crippen LogP contribution in [0.1, 0.15) is 0 Å². The number of oxazole rings is 1. The summed E-state index contributed by atoms with van der Waals surface area (Å²) in [6, 6.07) is 48.6. The van der Waals surface area contributed by atoms with Gasteiger partial charge in [0.2, 0.25) is 0 Å². The first-order chi connectivity index (χ1) is 25.3. The molecule has 0 aliphatic rings. The van der Waals surface area contributed by atoms with Gasteiger partial charge in [-0.1, -0.05) is 91.0 Å². The van der Waals surface area contributed by atoms with Gasteiger partial charge in [0.1, 0.15) is 16.7 Å². The second-order valence-corrected chi connectivity index (χ2v) is 13.2. The zero-order valence-electron chi connectivity index (χ0n) is 27.0. The Hall–Kier alpha value is -7.05. The van der Waals surface area contributed by atoms with Gasteiger partial charge >= 0.3 is 0 Å². The minimum absolute atomic E-state index is 0.662. The van der Waals surface area contributed by atoms with Gasteiger partial charge in [0.25, 0.3) is 0 Å². The highest BCUT2D eigenvalue weighted by molar-refractivity contribution is 6.30. The molecule has 6 nitrogen and oxygen atoms in total. The molecule has 12 aromatic rings. The quantitative estimate of drug-likeness (QED) is 0.190. The highest BCUT2D eigenvalue weighted by atomic mass is 16.3. The van der Waals surface area contributed by atoms with Gasteiger partial charge in [-0.05, 0) is 59.7 Å². The summed E-state index contributed by atoms with van der Waals surface area (Å²) in [6.45, 7) is 0. The van der Waals surface area contributed by atoms with Gasteiger partial charge in [0, 0.05) is 43.4 Å². The number of nitrogens with zero attached hydrogens (tertiary/aromatic N) is 4. The minimum Gasteiger partial charge on any atom is -0.455 e. The van der Waals surface area contributed by atoms with E-state index in [4.69, 9.17) is 18.8 Å². The Kier molecular flexibility index (Phi) is 5.14. The van der Waals surface area contributed by atoms with Crippen LogP contribution in [0.15, 0.2) is 155 Å². The number of hydrogen-bond donors (Lipinski definition) is 0. The molecule has 12 rings (SSSR count). The smallest absolute Gasteiger partial charge is 0.182 e. The fraction of sp³-hybridized carbons (Fsp3) is 0. The fourth-order valence-electron chi connectivity index (χ4n) is 8.24. The number of rotatable bonds is 3. The van der Waals surface area contributed by atoms with Crippen molar-refractivity contribution in [2.75, 3.05) is 0 Å². The summed E-state index contributed by atoms with van der Waals surface area (Å²) in [6.07, 6.45) is 1.55. The van der Waals surface area contributed by atoms with Crippen molar-refractivity contribution >= 4 is 82.0 Å². The first-order valence-electron chi connectivity index (χ1n) is 17.0. The van der Waals surface area contributed by atoms with E-state index in [0.29, 0.717) is 5.82 Å². The molecule has 0 radical (unpaired) electrons. The molecule has 0 saturated carbocycles. The van der Waals surface area contributed by atoms with Crippen molar-refractivity contribution in [3.8, 4) is 33.8 Å². The normalized spacial score (nSPS) is 12.3. The van der Waals surface area contributed by atoms with E-state index in [9.17, 15) is 0 Å². The summed E-state index contributed by atoms with van der Waals surface area (Å²) in [4.78, 5) is 14.9. The van der Waals surface area contributed by atoms with Crippen LogP contribution in [0.3, 0.4) is 0 Å². The standard InChI is InChI=1S/C45H24N4O2/c1-4-16-35-31(13-1)41(32-15-8-14-30-29-12-3-6-18-39(29)51-43(30)32)48-45(47-35)27-10-7-9-25(21-27)26-19-20-38-34(22-26)40-42-33(23-36-44(40)50-24-46-36)28-11-2-5-17-37(28)49(38)42/h1-24H. The van der Waals surface area contributed by atoms with E-state index in [1.54, 1.807) is 6.39 Å². The maximum Gasteiger partial charge on any atom is 0.182 e. The van der Waals surface area contributed by atoms with Crippen LogP contribution in [0.25, 0.3) is 116 Å². The second-order valence-electron chi connectivity index (χ2n) is 13.2. The van der Waals surface area contributed by atoms with Crippen LogP contribution < -0.4 is 0 Å². The van der Waals surface area contributed by atoms with Crippen molar-refractivity contribution in [2.45, 2.75) is 0 Å². The number of hydrogen-bond acceptors (Lipinski definition) is 5. The predicted octanol–water partition coefficient (Wildman–Crippen LogP) is 11.8. The van der Waals surface area contributed by atoms with Crippen molar-refractivity contribution in [1.29, 1.82) is 0 Å². The van der Waals surface area contributed by atoms with Gasteiger partial charge in [0.05, 0.1) is 33.1 Å². The van der Waals surface area contributed by atoms with Crippen molar-refractivity contribution < 1.29 is 8.83 Å². The summed E-state index contributed by atoms with van der Waals surface area (Å²) < 4.78 is 14.9. The molecule has 0 fully saturated rings. The summed E-state index contributed by atoms with van der Waals surface area (Å²) in [5, 5.41) is 7.77. The lowest BCUT2D eigenvalue weighted by Gasteiger charge is -2.11. The molecule has 0 spiro atoms. The maximum atomic E-state index is 6.46. The first-order valence-corrected chi connectivity index (χ1v) is 17.0. The molecule has 6 heteroatoms. The Morgan fingerprint density at radius 1 is 0.490 bits per heavy atom. The van der Waals surface area contributed by atoms with Gasteiger partial charge in [-0.15, -0.1) is 0 Å². The van der Waals surface area contributed by atoms with Crippen molar-refractivity contribution in [3.05, 3.63) is 146 Å². The molecular weight excluding hydrogens is 629 g/mol. The maximum absolute atomic E-state index is 6.46. The average molecular weight is 653 g/mol. The van der Waals surface area contributed by atoms with E-state index in [1.807, 2.05) is 30.3 Å². The third kappa shape index (κ3) is 3.63. The Labute approximate surface area is 289 Å². The minimum atomic E-state index is 0.662. The summed E-state index contributed by atoms with van der Waals surface area (Å²) in [5.74, 6) is 0.662. The lowest BCUT2D eigenvalue weighted by atomic mass is 9.99. The molecule has 7 aromatic carbocycles. The Morgan fingerprint density at radius 3 is 2.22 bits per heavy atom. The highest BCUT2D eigenvalue weighted by Crippen LogP contribution is 2.44. The molecule has 0 bridgehead atoms. The monoisotopic (exact) mass is 652 g/mol. The topological polar surface area (TPSA) is 69.4 Å². The third-order valence-corrected chi connectivity index (χ3v) is 10.5. The van der Waals surface area contributed by atoms with Gasteiger partial charge < -0.3 is 13.2 Å². The van der Waals surface area contributed by atoms with Gasteiger partial charge in [0.15, 0.2) is 17.8 Å². The Bertz CT molecular complexity index is 3390. The van der Waals surface area contributed by atoms with E-state index in [1.165, 1.54) is 16.3 Å². The van der Waals surface area contributed by atoms with Gasteiger partial charge in [-0.3, -0.25) is 0 Å². The molecule has 236 valence electrons. The molecule has 0 atom stereocenters. The van der Waals surface area contributed by atoms with Crippen molar-refractivity contribution in [2.24, 2.45) is 0 Å². The van der Waals surface area contributed by atoms with Crippen LogP contribution in [-0.4, -0.2) is 19.4 Å². The number of aromatic nitrogens is 4. The molecule has 0 amide bonds. The lowest BCUT2D eigenvalue weighted by Crippen LogP contribution is -1.95. The van der Waals surface area contributed by atoms with Gasteiger partial charge in [-0.2, -0.15) is 0 Å². The largest absolute Gasteiger partial charge is 0.455 e. The van der Waals surface area contributed by atoms with Crippen LogP contribution in [0.4, 0.5) is 0 Å². The zero-order valence-corrected chi connectivity index (χ0v) is 27.0. The zero-order chi connectivity index (χ0) is 33.2. The van der Waals surface area contributed by atoms with Crippen LogP contribution in [0.5, 0.6) is 0 Å². The van der Waals surface area contributed by atoms with E-state index < -0.39 is 0 Å². The van der Waals surface area contributed by atoms with E-state index in [-0.39, 0.29) is 0 Å². The molecular formula is C45H24N4O2. The van der Waals surface area contributed by atoms with Crippen LogP contribution in [0.2, 0.25) is 0 Å². The van der Waals surface area contributed by atoms with E-state index >= 15 is 0 Å². The first kappa shape index (κ1) is 26.9. The molecule has 0 aliphatic heterocycles. The lowest BCUT2D eigenvalue weighted by molar-refractivity contribution is 0.605.